The van der Waals surface area contributed by atoms with E-state index in [1.807, 2.05) is 60.7 Å². The Morgan fingerprint density at radius 3 is 1.75 bits per heavy atom. The molecule has 20 heavy (non-hydrogen) atoms. The Morgan fingerprint density at radius 2 is 1.40 bits per heavy atom. The van der Waals surface area contributed by atoms with E-state index >= 15 is 0 Å². The van der Waals surface area contributed by atoms with Crippen molar-refractivity contribution >= 4 is 21.8 Å². The van der Waals surface area contributed by atoms with Crippen molar-refractivity contribution in [3.63, 3.8) is 0 Å². The number of rotatable bonds is 6. The third-order valence-electron chi connectivity index (χ3n) is 3.64. The van der Waals surface area contributed by atoms with Crippen molar-refractivity contribution in [3.8, 4) is 0 Å². The Kier molecular flexibility index (Phi) is 4.96. The van der Waals surface area contributed by atoms with Gasteiger partial charge in [-0.2, -0.15) is 0 Å². The molecule has 2 N–H and O–H groups in total. The van der Waals surface area contributed by atoms with Gasteiger partial charge < -0.3 is 5.73 Å². The summed E-state index contributed by atoms with van der Waals surface area (Å²) in [6, 6.07) is 19.6. The molecule has 0 fully saturated rings. The minimum absolute atomic E-state index is 0.296. The molecule has 0 aliphatic heterocycles. The summed E-state index contributed by atoms with van der Waals surface area (Å²) in [7, 11) is 0. The van der Waals surface area contributed by atoms with Gasteiger partial charge in [-0.1, -0.05) is 76.6 Å². The fraction of sp³-hybridized carbons (Fsp3) is 0.235. The molecule has 0 saturated carbocycles. The smallest absolute Gasteiger partial charge is 0.232 e. The third-order valence-corrected chi connectivity index (χ3v) is 4.20. The van der Waals surface area contributed by atoms with E-state index in [1.54, 1.807) is 0 Å². The summed E-state index contributed by atoms with van der Waals surface area (Å²) in [5.74, 6) is -0.296. The molecule has 0 heterocycles. The van der Waals surface area contributed by atoms with Crippen LogP contribution in [0, 0.1) is 0 Å². The van der Waals surface area contributed by atoms with Gasteiger partial charge in [-0.3, -0.25) is 4.79 Å². The van der Waals surface area contributed by atoms with Crippen molar-refractivity contribution in [2.75, 3.05) is 5.33 Å². The molecule has 0 spiro atoms. The summed E-state index contributed by atoms with van der Waals surface area (Å²) >= 11 is 3.44. The molecule has 2 rings (SSSR count). The number of nitrogens with two attached hydrogens (primary N) is 1. The Labute approximate surface area is 128 Å². The van der Waals surface area contributed by atoms with Gasteiger partial charge in [-0.05, 0) is 24.0 Å². The number of carbonyl (C=O) groups is 1. The first-order chi connectivity index (χ1) is 9.71. The minimum atomic E-state index is -0.754. The molecule has 0 bridgehead atoms. The average Bonchev–Trinajstić information content (AvgIpc) is 2.50. The van der Waals surface area contributed by atoms with Crippen LogP contribution in [0.4, 0.5) is 0 Å². The van der Waals surface area contributed by atoms with Gasteiger partial charge in [-0.15, -0.1) is 0 Å². The van der Waals surface area contributed by atoms with Crippen molar-refractivity contribution < 1.29 is 4.79 Å². The molecular weight excluding hydrogens is 314 g/mol. The Balaban J connectivity index is 2.60. The SMILES string of the molecule is NC(=O)C(CCCBr)(c1ccccc1)c1ccccc1. The number of carbonyl (C=O) groups excluding carboxylic acids is 1. The van der Waals surface area contributed by atoms with Crippen LogP contribution in [-0.4, -0.2) is 11.2 Å². The van der Waals surface area contributed by atoms with E-state index < -0.39 is 5.41 Å². The number of primary amides is 1. The largest absolute Gasteiger partial charge is 0.369 e. The lowest BCUT2D eigenvalue weighted by molar-refractivity contribution is -0.122. The van der Waals surface area contributed by atoms with E-state index in [0.29, 0.717) is 6.42 Å². The fourth-order valence-corrected chi connectivity index (χ4v) is 2.92. The maximum Gasteiger partial charge on any atom is 0.232 e. The monoisotopic (exact) mass is 331 g/mol. The second-order valence-corrected chi connectivity index (χ2v) is 5.59. The zero-order valence-corrected chi connectivity index (χ0v) is 12.8. The van der Waals surface area contributed by atoms with Crippen molar-refractivity contribution in [1.29, 1.82) is 0 Å². The molecule has 0 radical (unpaired) electrons. The maximum atomic E-state index is 12.3. The lowest BCUT2D eigenvalue weighted by atomic mass is 9.71. The molecule has 2 nitrogen and oxygen atoms in total. The Morgan fingerprint density at radius 1 is 0.950 bits per heavy atom. The highest BCUT2D eigenvalue weighted by Crippen LogP contribution is 2.36. The van der Waals surface area contributed by atoms with Crippen LogP contribution in [0.5, 0.6) is 0 Å². The number of amides is 1. The predicted molar refractivity (Wildman–Crippen MR) is 85.9 cm³/mol. The van der Waals surface area contributed by atoms with E-state index in [2.05, 4.69) is 15.9 Å². The second kappa shape index (κ2) is 6.71. The normalized spacial score (nSPS) is 11.2. The standard InChI is InChI=1S/C17H18BrNO/c18-13-7-12-17(16(19)20,14-8-3-1-4-9-14)15-10-5-2-6-11-15/h1-6,8-11H,7,12-13H2,(H2,19,20). The molecule has 0 aliphatic rings. The highest BCUT2D eigenvalue weighted by molar-refractivity contribution is 9.09. The molecule has 104 valence electrons. The lowest BCUT2D eigenvalue weighted by Gasteiger charge is -2.32. The highest BCUT2D eigenvalue weighted by atomic mass is 79.9. The van der Waals surface area contributed by atoms with E-state index in [1.165, 1.54) is 0 Å². The predicted octanol–water partition coefficient (Wildman–Crippen LogP) is 3.63. The van der Waals surface area contributed by atoms with Crippen LogP contribution in [-0.2, 0) is 10.2 Å². The topological polar surface area (TPSA) is 43.1 Å². The van der Waals surface area contributed by atoms with Crippen molar-refractivity contribution in [2.24, 2.45) is 5.73 Å². The van der Waals surface area contributed by atoms with E-state index in [0.717, 1.165) is 22.9 Å². The van der Waals surface area contributed by atoms with Gasteiger partial charge in [0.25, 0.3) is 0 Å². The number of hydrogen-bond donors (Lipinski definition) is 1. The molecule has 0 atom stereocenters. The number of halogens is 1. The molecular formula is C17H18BrNO. The minimum Gasteiger partial charge on any atom is -0.369 e. The number of alkyl halides is 1. The van der Waals surface area contributed by atoms with Gasteiger partial charge in [-0.25, -0.2) is 0 Å². The Hall–Kier alpha value is -1.61. The van der Waals surface area contributed by atoms with E-state index in [4.69, 9.17) is 5.73 Å². The fourth-order valence-electron chi connectivity index (χ4n) is 2.64. The molecule has 0 unspecified atom stereocenters. The summed E-state index contributed by atoms with van der Waals surface area (Å²) < 4.78 is 0. The zero-order valence-electron chi connectivity index (χ0n) is 11.3. The van der Waals surface area contributed by atoms with Crippen LogP contribution in [0.1, 0.15) is 24.0 Å². The van der Waals surface area contributed by atoms with Gasteiger partial charge in [0.2, 0.25) is 5.91 Å². The molecule has 2 aromatic rings. The van der Waals surface area contributed by atoms with Crippen LogP contribution < -0.4 is 5.73 Å². The number of hydrogen-bond acceptors (Lipinski definition) is 1. The Bertz CT molecular complexity index is 514. The zero-order chi connectivity index (χ0) is 14.4. The van der Waals surface area contributed by atoms with Crippen LogP contribution >= 0.6 is 15.9 Å². The number of benzene rings is 2. The first-order valence-electron chi connectivity index (χ1n) is 6.68. The first-order valence-corrected chi connectivity index (χ1v) is 7.81. The quantitative estimate of drug-likeness (QED) is 0.807. The molecule has 3 heteroatoms. The molecule has 0 aromatic heterocycles. The van der Waals surface area contributed by atoms with Crippen LogP contribution in [0.15, 0.2) is 60.7 Å². The molecule has 0 saturated heterocycles. The average molecular weight is 332 g/mol. The van der Waals surface area contributed by atoms with Crippen LogP contribution in [0.25, 0.3) is 0 Å². The lowest BCUT2D eigenvalue weighted by Crippen LogP contribution is -2.42. The summed E-state index contributed by atoms with van der Waals surface area (Å²) in [6.45, 7) is 0. The molecule has 2 aromatic carbocycles. The van der Waals surface area contributed by atoms with Crippen molar-refractivity contribution in [2.45, 2.75) is 18.3 Å². The summed E-state index contributed by atoms with van der Waals surface area (Å²) in [5, 5.41) is 0.849. The molecule has 1 amide bonds. The van der Waals surface area contributed by atoms with Crippen molar-refractivity contribution in [3.05, 3.63) is 71.8 Å². The van der Waals surface area contributed by atoms with E-state index in [9.17, 15) is 4.79 Å². The van der Waals surface area contributed by atoms with Gasteiger partial charge in [0.05, 0.1) is 5.41 Å². The second-order valence-electron chi connectivity index (χ2n) is 4.79. The highest BCUT2D eigenvalue weighted by Gasteiger charge is 2.39. The summed E-state index contributed by atoms with van der Waals surface area (Å²) in [4.78, 5) is 12.3. The summed E-state index contributed by atoms with van der Waals surface area (Å²) in [6.07, 6.45) is 1.58. The van der Waals surface area contributed by atoms with Crippen LogP contribution in [0.2, 0.25) is 0 Å². The van der Waals surface area contributed by atoms with Gasteiger partial charge >= 0.3 is 0 Å². The summed E-state index contributed by atoms with van der Waals surface area (Å²) in [5.41, 5.74) is 6.98. The van der Waals surface area contributed by atoms with Crippen molar-refractivity contribution in [1.82, 2.24) is 0 Å². The molecule has 0 aliphatic carbocycles. The van der Waals surface area contributed by atoms with Crippen LogP contribution in [0.3, 0.4) is 0 Å². The first kappa shape index (κ1) is 14.8. The van der Waals surface area contributed by atoms with Gasteiger partial charge in [0.15, 0.2) is 0 Å². The van der Waals surface area contributed by atoms with E-state index in [-0.39, 0.29) is 5.91 Å². The van der Waals surface area contributed by atoms with Gasteiger partial charge in [0.1, 0.15) is 0 Å². The maximum absolute atomic E-state index is 12.3. The van der Waals surface area contributed by atoms with Gasteiger partial charge in [0, 0.05) is 5.33 Å². The third kappa shape index (κ3) is 2.78.